The minimum Gasteiger partial charge on any atom is -0.310 e. The molecule has 0 unspecified atom stereocenters. The molecule has 0 spiro atoms. The Morgan fingerprint density at radius 3 is 1.17 bits per heavy atom. The van der Waals surface area contributed by atoms with Gasteiger partial charge in [0.1, 0.15) is 0 Å². The smallest absolute Gasteiger partial charge is 0.180 e. The first-order valence-electron chi connectivity index (χ1n) is 27.0. The Morgan fingerprint density at radius 1 is 0.260 bits per heavy atom. The van der Waals surface area contributed by atoms with Gasteiger partial charge in [0, 0.05) is 17.1 Å². The molecular weight excluding hydrogens is 959 g/mol. The zero-order valence-electron chi connectivity index (χ0n) is 42.8. The fraction of sp³-hybridized carbons (Fsp3) is 0.0270. The van der Waals surface area contributed by atoms with Gasteiger partial charge >= 0.3 is 0 Å². The van der Waals surface area contributed by atoms with Gasteiger partial charge in [-0.3, -0.25) is 0 Å². The zero-order chi connectivity index (χ0) is 51.1. The largest absolute Gasteiger partial charge is 0.310 e. The number of benzene rings is 12. The molecule has 0 amide bonds. The van der Waals surface area contributed by atoms with Crippen LogP contribution in [0.1, 0.15) is 27.8 Å². The van der Waals surface area contributed by atoms with E-state index in [1.807, 2.05) is 0 Å². The van der Waals surface area contributed by atoms with Gasteiger partial charge in [0.15, 0.2) is 16.1 Å². The van der Waals surface area contributed by atoms with Crippen LogP contribution in [0.5, 0.6) is 0 Å². The maximum absolute atomic E-state index is 2.89. The summed E-state index contributed by atoms with van der Waals surface area (Å²) >= 11 is 0. The van der Waals surface area contributed by atoms with E-state index in [0.717, 1.165) is 17.1 Å². The number of hydrogen-bond acceptors (Lipinski definition) is 1. The lowest BCUT2D eigenvalue weighted by Crippen LogP contribution is -2.73. The summed E-state index contributed by atoms with van der Waals surface area (Å²) in [6, 6.07) is 116. The Labute approximate surface area is 453 Å². The number of anilines is 3. The lowest BCUT2D eigenvalue weighted by Gasteiger charge is -2.36. The van der Waals surface area contributed by atoms with Gasteiger partial charge in [0.05, 0.1) is 5.41 Å². The van der Waals surface area contributed by atoms with Gasteiger partial charge in [0.25, 0.3) is 0 Å². The Hall–Kier alpha value is -9.13. The van der Waals surface area contributed by atoms with Crippen molar-refractivity contribution >= 4 is 74.7 Å². The van der Waals surface area contributed by atoms with Crippen LogP contribution >= 0.6 is 0 Å². The normalized spacial score (nSPS) is 14.4. The predicted molar refractivity (Wildman–Crippen MR) is 328 cm³/mol. The van der Waals surface area contributed by atoms with E-state index in [4.69, 9.17) is 0 Å². The summed E-state index contributed by atoms with van der Waals surface area (Å²) < 4.78 is 0. The van der Waals surface area contributed by atoms with Crippen LogP contribution in [-0.2, 0) is 5.41 Å². The van der Waals surface area contributed by atoms with Crippen LogP contribution in [0.25, 0.3) is 33.4 Å². The quantitative estimate of drug-likeness (QED) is 0.130. The third-order valence-corrected chi connectivity index (χ3v) is 27.0. The molecular formula is C74H53NSi2. The molecule has 0 bridgehead atoms. The predicted octanol–water partition coefficient (Wildman–Crippen LogP) is 12.5. The maximum atomic E-state index is 2.60. The molecule has 0 atom stereocenters. The van der Waals surface area contributed by atoms with E-state index in [9.17, 15) is 0 Å². The summed E-state index contributed by atoms with van der Waals surface area (Å²) in [5.74, 6) is 0. The molecule has 12 aromatic rings. The highest BCUT2D eigenvalue weighted by Gasteiger charge is 2.51. The summed E-state index contributed by atoms with van der Waals surface area (Å²) in [6.45, 7) is 2.31. The van der Waals surface area contributed by atoms with Crippen LogP contribution in [0.4, 0.5) is 17.1 Å². The fourth-order valence-corrected chi connectivity index (χ4v) is 24.9. The highest BCUT2D eigenvalue weighted by Crippen LogP contribution is 2.57. The molecule has 2 aliphatic heterocycles. The average molecular weight is 1010 g/mol. The minimum absolute atomic E-state index is 0.571. The van der Waals surface area contributed by atoms with Crippen molar-refractivity contribution in [1.82, 2.24) is 0 Å². The molecule has 12 aromatic carbocycles. The molecule has 1 aliphatic carbocycles. The van der Waals surface area contributed by atoms with Gasteiger partial charge in [-0.25, -0.2) is 0 Å². The van der Waals surface area contributed by atoms with Gasteiger partial charge in [-0.05, 0) is 146 Å². The van der Waals surface area contributed by atoms with E-state index < -0.39 is 21.6 Å². The highest BCUT2D eigenvalue weighted by molar-refractivity contribution is 7.23. The molecule has 3 heteroatoms. The van der Waals surface area contributed by atoms with E-state index >= 15 is 0 Å². The average Bonchev–Trinajstić information content (AvgIpc) is 4.28. The van der Waals surface area contributed by atoms with Crippen molar-refractivity contribution in [2.24, 2.45) is 0 Å². The first kappa shape index (κ1) is 45.3. The Balaban J connectivity index is 1.03. The van der Waals surface area contributed by atoms with Crippen molar-refractivity contribution < 1.29 is 0 Å². The molecule has 0 radical (unpaired) electrons. The topological polar surface area (TPSA) is 3.24 Å². The number of rotatable bonds is 9. The Bertz CT molecular complexity index is 4110. The number of hydrogen-bond donors (Lipinski definition) is 0. The molecule has 2 heterocycles. The van der Waals surface area contributed by atoms with Gasteiger partial charge in [0.2, 0.25) is 0 Å². The van der Waals surface area contributed by atoms with E-state index in [0.29, 0.717) is 0 Å². The first-order valence-corrected chi connectivity index (χ1v) is 31.0. The monoisotopic (exact) mass is 1010 g/mol. The zero-order valence-corrected chi connectivity index (χ0v) is 44.8. The summed E-state index contributed by atoms with van der Waals surface area (Å²) in [5.41, 5.74) is 17.1. The number of aryl methyl sites for hydroxylation is 1. The Morgan fingerprint density at radius 2 is 0.649 bits per heavy atom. The summed E-state index contributed by atoms with van der Waals surface area (Å²) in [6.07, 6.45) is 0. The molecule has 3 aliphatic rings. The number of fused-ring (bicyclic) bond motifs is 9. The van der Waals surface area contributed by atoms with Crippen molar-refractivity contribution in [3.05, 3.63) is 331 Å². The van der Waals surface area contributed by atoms with E-state index in [1.54, 1.807) is 0 Å². The van der Waals surface area contributed by atoms with E-state index in [2.05, 4.69) is 315 Å². The SMILES string of the molecule is Cc1cc(N(c2cccc([Si]3(c4ccccc4)c4ccccc4-c4ccccc43)c2)c2ccc3c(c2)C(c2ccccc2)(c2ccccc2)c2ccccc2-3)cc([Si]2(c3ccccc3)c3ccccc3-c3ccccc32)c1. The Kier molecular flexibility index (Phi) is 10.4. The standard InChI is InChI=1S/C74H53NSi2/c1-52-47-57(50-61(48-52)77(59-32-12-5-13-33-59)72-43-22-17-38-66(72)67-39-18-23-44-73(67)77)75(55-29-24-34-60(49-55)76(58-30-10-4-11-31-58)70-41-20-15-36-64(70)65-37-16-21-42-71(65)76)56-45-46-63-62-35-14-19-40-68(62)74(69(63)51-56,53-25-6-2-7-26-53)54-27-8-3-9-28-54/h2-51H,1H3. The summed E-state index contributed by atoms with van der Waals surface area (Å²) in [5, 5.41) is 11.3. The van der Waals surface area contributed by atoms with Crippen LogP contribution in [0.3, 0.4) is 0 Å². The minimum atomic E-state index is -2.89. The third kappa shape index (κ3) is 6.45. The van der Waals surface area contributed by atoms with Gasteiger partial charge in [-0.1, -0.05) is 267 Å². The van der Waals surface area contributed by atoms with Crippen LogP contribution in [0, 0.1) is 6.92 Å². The molecule has 0 saturated heterocycles. The summed E-state index contributed by atoms with van der Waals surface area (Å²) in [4.78, 5) is 2.60. The second kappa shape index (κ2) is 17.7. The van der Waals surface area contributed by atoms with Gasteiger partial charge in [-0.2, -0.15) is 0 Å². The molecule has 15 rings (SSSR count). The molecule has 362 valence electrons. The fourth-order valence-electron chi connectivity index (χ4n) is 14.4. The van der Waals surface area contributed by atoms with Crippen molar-refractivity contribution in [1.29, 1.82) is 0 Å². The lowest BCUT2D eigenvalue weighted by molar-refractivity contribution is 0.768. The second-order valence-electron chi connectivity index (χ2n) is 21.1. The van der Waals surface area contributed by atoms with Gasteiger partial charge < -0.3 is 4.90 Å². The van der Waals surface area contributed by atoms with E-state index in [1.165, 1.54) is 103 Å². The summed E-state index contributed by atoms with van der Waals surface area (Å²) in [7, 11) is -5.77. The maximum Gasteiger partial charge on any atom is 0.180 e. The van der Waals surface area contributed by atoms with Crippen molar-refractivity contribution in [3.63, 3.8) is 0 Å². The van der Waals surface area contributed by atoms with Crippen LogP contribution in [0.2, 0.25) is 0 Å². The molecule has 0 fully saturated rings. The second-order valence-corrected chi connectivity index (χ2v) is 28.6. The molecule has 1 nitrogen and oxygen atoms in total. The van der Waals surface area contributed by atoms with E-state index in [-0.39, 0.29) is 0 Å². The van der Waals surface area contributed by atoms with Crippen LogP contribution < -0.4 is 46.4 Å². The number of nitrogens with zero attached hydrogens (tertiary/aromatic N) is 1. The first-order chi connectivity index (χ1) is 38.1. The lowest BCUT2D eigenvalue weighted by atomic mass is 9.67. The molecule has 0 aromatic heterocycles. The van der Waals surface area contributed by atoms with Crippen molar-refractivity contribution in [2.75, 3.05) is 4.90 Å². The third-order valence-electron chi connectivity index (χ3n) is 17.3. The molecule has 0 saturated carbocycles. The van der Waals surface area contributed by atoms with Gasteiger partial charge in [-0.15, -0.1) is 0 Å². The molecule has 0 N–H and O–H groups in total. The highest BCUT2D eigenvalue weighted by atomic mass is 28.3. The van der Waals surface area contributed by atoms with Crippen molar-refractivity contribution in [3.8, 4) is 33.4 Å². The van der Waals surface area contributed by atoms with Crippen LogP contribution in [0.15, 0.2) is 303 Å². The molecule has 77 heavy (non-hydrogen) atoms. The van der Waals surface area contributed by atoms with Crippen molar-refractivity contribution in [2.45, 2.75) is 12.3 Å². The van der Waals surface area contributed by atoms with Crippen LogP contribution in [-0.4, -0.2) is 16.1 Å².